The third-order valence-electron chi connectivity index (χ3n) is 4.94. The van der Waals surface area contributed by atoms with E-state index in [-0.39, 0.29) is 0 Å². The maximum absolute atomic E-state index is 6.15. The van der Waals surface area contributed by atoms with Gasteiger partial charge < -0.3 is 15.4 Å². The molecule has 3 nitrogen and oxygen atoms in total. The Kier molecular flexibility index (Phi) is 4.91. The van der Waals surface area contributed by atoms with Gasteiger partial charge in [-0.15, -0.1) is 0 Å². The molecule has 1 saturated heterocycles. The summed E-state index contributed by atoms with van der Waals surface area (Å²) in [4.78, 5) is 0. The van der Waals surface area contributed by atoms with Crippen molar-refractivity contribution in [1.29, 1.82) is 0 Å². The van der Waals surface area contributed by atoms with Gasteiger partial charge in [0.1, 0.15) is 5.75 Å². The average Bonchev–Trinajstić information content (AvgIpc) is 3.02. The fourth-order valence-corrected chi connectivity index (χ4v) is 4.06. The van der Waals surface area contributed by atoms with E-state index in [4.69, 9.17) is 16.3 Å². The molecule has 3 rings (SSSR count). The van der Waals surface area contributed by atoms with Gasteiger partial charge in [0, 0.05) is 17.1 Å². The minimum atomic E-state index is 0.515. The van der Waals surface area contributed by atoms with Crippen LogP contribution in [-0.2, 0) is 0 Å². The molecule has 4 heteroatoms. The minimum absolute atomic E-state index is 0.515. The van der Waals surface area contributed by atoms with Crippen molar-refractivity contribution in [2.45, 2.75) is 50.6 Å². The highest BCUT2D eigenvalue weighted by Crippen LogP contribution is 2.35. The number of hydrogen-bond acceptors (Lipinski definition) is 3. The summed E-state index contributed by atoms with van der Waals surface area (Å²) in [5.41, 5.74) is 1.03. The van der Waals surface area contributed by atoms with Crippen LogP contribution in [0.15, 0.2) is 18.2 Å². The number of methoxy groups -OCH3 is 1. The van der Waals surface area contributed by atoms with Crippen LogP contribution < -0.4 is 15.4 Å². The second kappa shape index (κ2) is 6.89. The van der Waals surface area contributed by atoms with Crippen molar-refractivity contribution in [3.8, 4) is 5.75 Å². The topological polar surface area (TPSA) is 33.3 Å². The van der Waals surface area contributed by atoms with Crippen LogP contribution in [0.3, 0.4) is 0 Å². The first-order valence-corrected chi connectivity index (χ1v) is 8.49. The normalized spacial score (nSPS) is 29.3. The largest absolute Gasteiger partial charge is 0.495 e. The Labute approximate surface area is 132 Å². The Bertz CT molecular complexity index is 474. The number of rotatable bonds is 4. The lowest BCUT2D eigenvalue weighted by Crippen LogP contribution is -2.43. The number of anilines is 1. The number of hydrogen-bond donors (Lipinski definition) is 2. The Morgan fingerprint density at radius 3 is 2.81 bits per heavy atom. The monoisotopic (exact) mass is 308 g/mol. The maximum Gasteiger partial charge on any atom is 0.142 e. The van der Waals surface area contributed by atoms with E-state index in [1.165, 1.54) is 45.1 Å². The molecule has 2 fully saturated rings. The van der Waals surface area contributed by atoms with E-state index >= 15 is 0 Å². The first kappa shape index (κ1) is 15.0. The molecule has 2 N–H and O–H groups in total. The summed E-state index contributed by atoms with van der Waals surface area (Å²) < 4.78 is 5.47. The van der Waals surface area contributed by atoms with E-state index in [2.05, 4.69) is 10.6 Å². The zero-order valence-corrected chi connectivity index (χ0v) is 13.5. The van der Waals surface area contributed by atoms with Crippen molar-refractivity contribution in [2.24, 2.45) is 5.92 Å². The van der Waals surface area contributed by atoms with E-state index in [0.29, 0.717) is 18.0 Å². The molecule has 0 spiro atoms. The SMILES string of the molecule is COc1ccc(Cl)cc1NC1CCCCC1C1CCCN1. The van der Waals surface area contributed by atoms with Gasteiger partial charge in [-0.05, 0) is 56.3 Å². The lowest BCUT2D eigenvalue weighted by atomic mass is 9.79. The zero-order chi connectivity index (χ0) is 14.7. The van der Waals surface area contributed by atoms with E-state index in [1.54, 1.807) is 7.11 Å². The maximum atomic E-state index is 6.15. The van der Waals surface area contributed by atoms with E-state index in [0.717, 1.165) is 16.5 Å². The molecular weight excluding hydrogens is 284 g/mol. The summed E-state index contributed by atoms with van der Waals surface area (Å²) in [6.07, 6.45) is 7.85. The molecule has 3 unspecified atom stereocenters. The first-order valence-electron chi connectivity index (χ1n) is 8.11. The van der Waals surface area contributed by atoms with Crippen molar-refractivity contribution in [1.82, 2.24) is 5.32 Å². The summed E-state index contributed by atoms with van der Waals surface area (Å²) in [6.45, 7) is 1.17. The van der Waals surface area contributed by atoms with Crippen molar-refractivity contribution in [3.05, 3.63) is 23.2 Å². The predicted octanol–water partition coefficient (Wildman–Crippen LogP) is 4.07. The molecule has 1 aromatic carbocycles. The van der Waals surface area contributed by atoms with Crippen LogP contribution in [0.5, 0.6) is 5.75 Å². The molecule has 0 amide bonds. The van der Waals surface area contributed by atoms with Gasteiger partial charge in [-0.3, -0.25) is 0 Å². The standard InChI is InChI=1S/C17H25ClN2O/c1-21-17-9-8-12(18)11-16(17)20-15-6-3-2-5-13(15)14-7-4-10-19-14/h8-9,11,13-15,19-20H,2-7,10H2,1H3. The highest BCUT2D eigenvalue weighted by atomic mass is 35.5. The molecule has 0 aromatic heterocycles. The Balaban J connectivity index is 1.76. The van der Waals surface area contributed by atoms with Gasteiger partial charge in [0.25, 0.3) is 0 Å². The Morgan fingerprint density at radius 1 is 1.19 bits per heavy atom. The molecule has 1 aromatic rings. The lowest BCUT2D eigenvalue weighted by Gasteiger charge is -2.37. The summed E-state index contributed by atoms with van der Waals surface area (Å²) in [6, 6.07) is 6.99. The molecule has 21 heavy (non-hydrogen) atoms. The highest BCUT2D eigenvalue weighted by Gasteiger charge is 2.33. The molecule has 1 saturated carbocycles. The van der Waals surface area contributed by atoms with Crippen molar-refractivity contribution in [2.75, 3.05) is 19.0 Å². The van der Waals surface area contributed by atoms with Crippen LogP contribution in [-0.4, -0.2) is 25.7 Å². The predicted molar refractivity (Wildman–Crippen MR) is 88.4 cm³/mol. The summed E-state index contributed by atoms with van der Waals surface area (Å²) >= 11 is 6.15. The number of ether oxygens (including phenoxy) is 1. The van der Waals surface area contributed by atoms with E-state index in [1.807, 2.05) is 18.2 Å². The van der Waals surface area contributed by atoms with Crippen molar-refractivity contribution in [3.63, 3.8) is 0 Å². The van der Waals surface area contributed by atoms with Gasteiger partial charge in [0.15, 0.2) is 0 Å². The van der Waals surface area contributed by atoms with Gasteiger partial charge in [-0.2, -0.15) is 0 Å². The van der Waals surface area contributed by atoms with Crippen LogP contribution in [0, 0.1) is 5.92 Å². The molecule has 1 aliphatic carbocycles. The van der Waals surface area contributed by atoms with Gasteiger partial charge >= 0.3 is 0 Å². The number of nitrogens with one attached hydrogen (secondary N) is 2. The zero-order valence-electron chi connectivity index (χ0n) is 12.7. The smallest absolute Gasteiger partial charge is 0.142 e. The van der Waals surface area contributed by atoms with Crippen LogP contribution in [0.2, 0.25) is 5.02 Å². The number of benzene rings is 1. The van der Waals surface area contributed by atoms with Crippen molar-refractivity contribution < 1.29 is 4.74 Å². The van der Waals surface area contributed by atoms with Crippen molar-refractivity contribution >= 4 is 17.3 Å². The third kappa shape index (κ3) is 3.46. The molecule has 116 valence electrons. The molecule has 2 aliphatic rings. The minimum Gasteiger partial charge on any atom is -0.495 e. The summed E-state index contributed by atoms with van der Waals surface area (Å²) in [5.74, 6) is 1.59. The quantitative estimate of drug-likeness (QED) is 0.879. The molecule has 3 atom stereocenters. The second-order valence-electron chi connectivity index (χ2n) is 6.25. The van der Waals surface area contributed by atoms with E-state index in [9.17, 15) is 0 Å². The van der Waals surface area contributed by atoms with Crippen LogP contribution in [0.1, 0.15) is 38.5 Å². The van der Waals surface area contributed by atoms with Gasteiger partial charge in [-0.1, -0.05) is 24.4 Å². The Hall–Kier alpha value is -0.930. The van der Waals surface area contributed by atoms with Crippen LogP contribution in [0.25, 0.3) is 0 Å². The van der Waals surface area contributed by atoms with Gasteiger partial charge in [0.2, 0.25) is 0 Å². The summed E-state index contributed by atoms with van der Waals surface area (Å²) in [5, 5.41) is 8.16. The molecule has 1 heterocycles. The molecular formula is C17H25ClN2O. The van der Waals surface area contributed by atoms with Crippen LogP contribution in [0.4, 0.5) is 5.69 Å². The van der Waals surface area contributed by atoms with Gasteiger partial charge in [-0.25, -0.2) is 0 Å². The van der Waals surface area contributed by atoms with Gasteiger partial charge in [0.05, 0.1) is 12.8 Å². The first-order chi connectivity index (χ1) is 10.3. The molecule has 1 aliphatic heterocycles. The second-order valence-corrected chi connectivity index (χ2v) is 6.68. The fourth-order valence-electron chi connectivity index (χ4n) is 3.89. The highest BCUT2D eigenvalue weighted by molar-refractivity contribution is 6.30. The van der Waals surface area contributed by atoms with Crippen LogP contribution >= 0.6 is 11.6 Å². The van der Waals surface area contributed by atoms with E-state index < -0.39 is 0 Å². The number of halogens is 1. The molecule has 0 bridgehead atoms. The fraction of sp³-hybridized carbons (Fsp3) is 0.647. The Morgan fingerprint density at radius 2 is 2.05 bits per heavy atom. The summed E-state index contributed by atoms with van der Waals surface area (Å²) in [7, 11) is 1.71. The third-order valence-corrected chi connectivity index (χ3v) is 5.17. The lowest BCUT2D eigenvalue weighted by molar-refractivity contribution is 0.262. The molecule has 0 radical (unpaired) electrons. The average molecular weight is 309 g/mol.